The van der Waals surface area contributed by atoms with E-state index in [-0.39, 0.29) is 5.41 Å². The third-order valence-electron chi connectivity index (χ3n) is 6.21. The van der Waals surface area contributed by atoms with E-state index in [9.17, 15) is 0 Å². The molecule has 148 valence electrons. The Bertz CT molecular complexity index is 1250. The van der Waals surface area contributed by atoms with E-state index < -0.39 is 0 Å². The van der Waals surface area contributed by atoms with Crippen molar-refractivity contribution in [1.29, 1.82) is 0 Å². The van der Waals surface area contributed by atoms with E-state index in [0.717, 1.165) is 0 Å². The molecule has 0 saturated carbocycles. The molecule has 29 heavy (non-hydrogen) atoms. The zero-order chi connectivity index (χ0) is 21.1. The third kappa shape index (κ3) is 3.23. The van der Waals surface area contributed by atoms with E-state index in [1.54, 1.807) is 0 Å². The van der Waals surface area contributed by atoms with Gasteiger partial charge in [-0.25, -0.2) is 0 Å². The van der Waals surface area contributed by atoms with E-state index in [4.69, 9.17) is 0 Å². The van der Waals surface area contributed by atoms with Crippen molar-refractivity contribution in [2.75, 3.05) is 0 Å². The number of pyridine rings is 1. The second-order valence-electron chi connectivity index (χ2n) is 9.71. The fourth-order valence-electron chi connectivity index (χ4n) is 4.74. The number of aromatic nitrogens is 1. The highest BCUT2D eigenvalue weighted by Gasteiger charge is 2.24. The van der Waals surface area contributed by atoms with Crippen LogP contribution in [0.3, 0.4) is 0 Å². The second kappa shape index (κ2) is 6.69. The standard InChI is InChI=1S/C28H32N/c1-17-9-11-22-24(15-17)29(8)25-16-21(28(5,6)7)10-12-23(25)27(22)26-19(3)13-18(2)14-20(26)4/h9-16H,1-8H3/q+1. The van der Waals surface area contributed by atoms with E-state index in [1.165, 1.54) is 60.8 Å². The van der Waals surface area contributed by atoms with Gasteiger partial charge in [0, 0.05) is 17.7 Å². The number of hydrogen-bond donors (Lipinski definition) is 0. The quantitative estimate of drug-likeness (QED) is 0.246. The molecular weight excluding hydrogens is 350 g/mol. The summed E-state index contributed by atoms with van der Waals surface area (Å²) in [4.78, 5) is 0. The molecule has 0 N–H and O–H groups in total. The van der Waals surface area contributed by atoms with Crippen molar-refractivity contribution in [3.63, 3.8) is 0 Å². The maximum absolute atomic E-state index is 2.39. The molecular formula is C28H32N+. The van der Waals surface area contributed by atoms with Gasteiger partial charge in [-0.05, 0) is 73.1 Å². The Morgan fingerprint density at radius 3 is 1.76 bits per heavy atom. The van der Waals surface area contributed by atoms with Crippen molar-refractivity contribution in [2.45, 2.75) is 53.9 Å². The lowest BCUT2D eigenvalue weighted by Gasteiger charge is -2.20. The summed E-state index contributed by atoms with van der Waals surface area (Å²) < 4.78 is 2.37. The summed E-state index contributed by atoms with van der Waals surface area (Å²) in [6.45, 7) is 15.7. The largest absolute Gasteiger partial charge is 0.213 e. The lowest BCUT2D eigenvalue weighted by molar-refractivity contribution is -0.617. The Kier molecular flexibility index (Phi) is 4.53. The molecule has 0 radical (unpaired) electrons. The van der Waals surface area contributed by atoms with Crippen molar-refractivity contribution < 1.29 is 4.57 Å². The fraction of sp³-hybridized carbons (Fsp3) is 0.321. The molecule has 4 rings (SSSR count). The maximum atomic E-state index is 2.39. The van der Waals surface area contributed by atoms with Gasteiger partial charge in [-0.1, -0.05) is 50.6 Å². The monoisotopic (exact) mass is 382 g/mol. The van der Waals surface area contributed by atoms with E-state index in [0.29, 0.717) is 0 Å². The minimum atomic E-state index is 0.124. The molecule has 3 aromatic carbocycles. The van der Waals surface area contributed by atoms with Gasteiger partial charge in [-0.2, -0.15) is 4.57 Å². The molecule has 0 amide bonds. The molecule has 0 saturated heterocycles. The summed E-state index contributed by atoms with van der Waals surface area (Å²) in [5, 5.41) is 2.65. The lowest BCUT2D eigenvalue weighted by Crippen LogP contribution is -2.31. The summed E-state index contributed by atoms with van der Waals surface area (Å²) in [6.07, 6.45) is 0. The van der Waals surface area contributed by atoms with Crippen molar-refractivity contribution in [3.8, 4) is 11.1 Å². The fourth-order valence-corrected chi connectivity index (χ4v) is 4.74. The highest BCUT2D eigenvalue weighted by atomic mass is 14.9. The zero-order valence-corrected chi connectivity index (χ0v) is 19.1. The summed E-state index contributed by atoms with van der Waals surface area (Å²) in [5.74, 6) is 0. The van der Waals surface area contributed by atoms with Crippen molar-refractivity contribution in [1.82, 2.24) is 0 Å². The molecule has 4 aromatic rings. The number of rotatable bonds is 1. The minimum Gasteiger partial charge on any atom is -0.194 e. The van der Waals surface area contributed by atoms with Gasteiger partial charge in [-0.15, -0.1) is 0 Å². The number of fused-ring (bicyclic) bond motifs is 2. The van der Waals surface area contributed by atoms with Crippen LogP contribution >= 0.6 is 0 Å². The summed E-state index contributed by atoms with van der Waals surface area (Å²) in [5.41, 5.74) is 12.1. The second-order valence-corrected chi connectivity index (χ2v) is 9.71. The molecule has 1 nitrogen and oxygen atoms in total. The van der Waals surface area contributed by atoms with Crippen LogP contribution in [0.2, 0.25) is 0 Å². The van der Waals surface area contributed by atoms with Gasteiger partial charge in [0.05, 0.1) is 10.8 Å². The Hall–Kier alpha value is -2.67. The molecule has 1 aromatic heterocycles. The minimum absolute atomic E-state index is 0.124. The first-order chi connectivity index (χ1) is 13.6. The van der Waals surface area contributed by atoms with Crippen molar-refractivity contribution in [3.05, 3.63) is 76.3 Å². The highest BCUT2D eigenvalue weighted by molar-refractivity contribution is 6.08. The van der Waals surface area contributed by atoms with Crippen LogP contribution in [-0.2, 0) is 12.5 Å². The molecule has 0 aliphatic carbocycles. The van der Waals surface area contributed by atoms with Crippen LogP contribution in [0.5, 0.6) is 0 Å². The Balaban J connectivity index is 2.25. The SMILES string of the molecule is Cc1cc(C)c(-c2c3ccc(C)cc3[n+](C)c3cc(C(C)(C)C)ccc23)c(C)c1. The molecule has 0 spiro atoms. The van der Waals surface area contributed by atoms with Crippen LogP contribution in [0.25, 0.3) is 32.9 Å². The Morgan fingerprint density at radius 1 is 0.621 bits per heavy atom. The molecule has 0 bridgehead atoms. The van der Waals surface area contributed by atoms with Crippen molar-refractivity contribution >= 4 is 21.8 Å². The van der Waals surface area contributed by atoms with Crippen LogP contribution in [0, 0.1) is 27.7 Å². The van der Waals surface area contributed by atoms with Crippen LogP contribution < -0.4 is 4.57 Å². The lowest BCUT2D eigenvalue weighted by atomic mass is 9.84. The first-order valence-corrected chi connectivity index (χ1v) is 10.5. The van der Waals surface area contributed by atoms with Crippen LogP contribution in [-0.4, -0.2) is 0 Å². The van der Waals surface area contributed by atoms with Gasteiger partial charge >= 0.3 is 0 Å². The molecule has 0 fully saturated rings. The first-order valence-electron chi connectivity index (χ1n) is 10.5. The molecule has 0 unspecified atom stereocenters. The van der Waals surface area contributed by atoms with E-state index in [1.807, 2.05) is 0 Å². The van der Waals surface area contributed by atoms with Crippen LogP contribution in [0.15, 0.2) is 48.5 Å². The first kappa shape index (κ1) is 19.6. The normalized spacial score (nSPS) is 12.1. The van der Waals surface area contributed by atoms with Gasteiger partial charge in [-0.3, -0.25) is 0 Å². The van der Waals surface area contributed by atoms with Crippen LogP contribution in [0.1, 0.15) is 48.6 Å². The smallest absolute Gasteiger partial charge is 0.194 e. The Morgan fingerprint density at radius 2 is 1.17 bits per heavy atom. The molecule has 0 aliphatic heterocycles. The maximum Gasteiger partial charge on any atom is 0.213 e. The molecule has 0 atom stereocenters. The van der Waals surface area contributed by atoms with E-state index in [2.05, 4.69) is 109 Å². The average molecular weight is 383 g/mol. The number of hydrogen-bond acceptors (Lipinski definition) is 0. The highest BCUT2D eigenvalue weighted by Crippen LogP contribution is 2.39. The van der Waals surface area contributed by atoms with Gasteiger partial charge in [0.25, 0.3) is 0 Å². The van der Waals surface area contributed by atoms with E-state index >= 15 is 0 Å². The van der Waals surface area contributed by atoms with Gasteiger partial charge in [0.15, 0.2) is 0 Å². The zero-order valence-electron chi connectivity index (χ0n) is 19.1. The van der Waals surface area contributed by atoms with Crippen LogP contribution in [0.4, 0.5) is 0 Å². The molecule has 0 aliphatic rings. The topological polar surface area (TPSA) is 3.88 Å². The van der Waals surface area contributed by atoms with Crippen molar-refractivity contribution in [2.24, 2.45) is 7.05 Å². The number of benzene rings is 3. The van der Waals surface area contributed by atoms with Gasteiger partial charge < -0.3 is 0 Å². The summed E-state index contributed by atoms with van der Waals surface area (Å²) in [6, 6.07) is 18.5. The summed E-state index contributed by atoms with van der Waals surface area (Å²) >= 11 is 0. The number of nitrogens with zero attached hydrogens (tertiary/aromatic N) is 1. The third-order valence-corrected chi connectivity index (χ3v) is 6.21. The Labute approximate surface area is 175 Å². The predicted molar refractivity (Wildman–Crippen MR) is 126 cm³/mol. The molecule has 1 heteroatoms. The average Bonchev–Trinajstić information content (AvgIpc) is 2.62. The number of aryl methyl sites for hydroxylation is 5. The predicted octanol–water partition coefficient (Wildman–Crippen LogP) is 7.02. The molecule has 1 heterocycles. The summed E-state index contributed by atoms with van der Waals surface area (Å²) in [7, 11) is 2.20. The van der Waals surface area contributed by atoms with Gasteiger partial charge in [0.2, 0.25) is 11.0 Å². The van der Waals surface area contributed by atoms with Gasteiger partial charge in [0.1, 0.15) is 7.05 Å².